The van der Waals surface area contributed by atoms with Crippen LogP contribution in [0.25, 0.3) is 0 Å². The van der Waals surface area contributed by atoms with Crippen LogP contribution in [0, 0.1) is 0 Å². The third-order valence-electron chi connectivity index (χ3n) is 3.16. The Kier molecular flexibility index (Phi) is 7.47. The highest BCUT2D eigenvalue weighted by atomic mass is 79.9. The second-order valence-electron chi connectivity index (χ2n) is 5.08. The molecule has 0 saturated carbocycles. The van der Waals surface area contributed by atoms with Gasteiger partial charge in [-0.3, -0.25) is 0 Å². The molecular weight excluding hydrogens is 302 g/mol. The predicted octanol–water partition coefficient (Wildman–Crippen LogP) is 5.08. The lowest BCUT2D eigenvalue weighted by atomic mass is 10.1. The van der Waals surface area contributed by atoms with Crippen molar-refractivity contribution in [2.24, 2.45) is 0 Å². The molecule has 0 bridgehead atoms. The van der Waals surface area contributed by atoms with E-state index in [2.05, 4.69) is 61.1 Å². The summed E-state index contributed by atoms with van der Waals surface area (Å²) in [6.45, 7) is 9.72. The van der Waals surface area contributed by atoms with Crippen molar-refractivity contribution in [1.82, 2.24) is 5.32 Å². The van der Waals surface area contributed by atoms with Crippen molar-refractivity contribution in [3.63, 3.8) is 0 Å². The first-order valence-corrected chi connectivity index (χ1v) is 8.07. The average Bonchev–Trinajstić information content (AvgIpc) is 2.38. The molecule has 1 aromatic carbocycles. The molecule has 0 aliphatic carbocycles. The van der Waals surface area contributed by atoms with Crippen LogP contribution in [0.1, 0.15) is 58.6 Å². The van der Waals surface area contributed by atoms with E-state index < -0.39 is 0 Å². The van der Waals surface area contributed by atoms with Gasteiger partial charge in [0.2, 0.25) is 0 Å². The molecule has 1 N–H and O–H groups in total. The monoisotopic (exact) mass is 327 g/mol. The zero-order valence-corrected chi connectivity index (χ0v) is 14.1. The van der Waals surface area contributed by atoms with Gasteiger partial charge in [0, 0.05) is 16.1 Å². The Labute approximate surface area is 126 Å². The molecule has 0 amide bonds. The molecular formula is C16H26BrNO. The van der Waals surface area contributed by atoms with E-state index in [0.29, 0.717) is 6.04 Å². The van der Waals surface area contributed by atoms with E-state index in [1.54, 1.807) is 0 Å². The first-order valence-electron chi connectivity index (χ1n) is 7.27. The lowest BCUT2D eigenvalue weighted by Gasteiger charge is -2.21. The summed E-state index contributed by atoms with van der Waals surface area (Å²) in [5.41, 5.74) is 1.23. The van der Waals surface area contributed by atoms with Gasteiger partial charge in [-0.05, 0) is 51.4 Å². The Bertz CT molecular complexity index is 381. The first kappa shape index (κ1) is 16.5. The molecule has 108 valence electrons. The molecule has 2 atom stereocenters. The van der Waals surface area contributed by atoms with Crippen LogP contribution in [0.15, 0.2) is 22.7 Å². The van der Waals surface area contributed by atoms with Crippen molar-refractivity contribution in [3.8, 4) is 5.75 Å². The molecule has 2 unspecified atom stereocenters. The summed E-state index contributed by atoms with van der Waals surface area (Å²) in [4.78, 5) is 0. The minimum absolute atomic E-state index is 0.267. The maximum absolute atomic E-state index is 6.08. The smallest absolute Gasteiger partial charge is 0.124 e. The van der Waals surface area contributed by atoms with E-state index in [4.69, 9.17) is 4.74 Å². The molecule has 0 aromatic heterocycles. The molecule has 0 aliphatic heterocycles. The van der Waals surface area contributed by atoms with E-state index in [0.717, 1.165) is 36.0 Å². The Hall–Kier alpha value is -0.540. The SMILES string of the molecule is CCCNC(C)c1cc(Br)ccc1OC(C)CCC. The third-order valence-corrected chi connectivity index (χ3v) is 3.66. The normalized spacial score (nSPS) is 14.2. The van der Waals surface area contributed by atoms with Crippen LogP contribution < -0.4 is 10.1 Å². The van der Waals surface area contributed by atoms with Gasteiger partial charge in [-0.15, -0.1) is 0 Å². The molecule has 0 aliphatic rings. The molecule has 0 spiro atoms. The number of hydrogen-bond acceptors (Lipinski definition) is 2. The lowest BCUT2D eigenvalue weighted by molar-refractivity contribution is 0.206. The standard InChI is InChI=1S/C16H26BrNO/c1-5-7-12(3)19-16-9-8-14(17)11-15(16)13(4)18-10-6-2/h8-9,11-13,18H,5-7,10H2,1-4H3. The van der Waals surface area contributed by atoms with E-state index in [1.165, 1.54) is 5.56 Å². The van der Waals surface area contributed by atoms with Gasteiger partial charge in [0.05, 0.1) is 6.10 Å². The first-order chi connectivity index (χ1) is 9.08. The molecule has 2 nitrogen and oxygen atoms in total. The molecule has 0 fully saturated rings. The van der Waals surface area contributed by atoms with Gasteiger partial charge in [-0.25, -0.2) is 0 Å². The lowest BCUT2D eigenvalue weighted by Crippen LogP contribution is -2.21. The molecule has 0 heterocycles. The summed E-state index contributed by atoms with van der Waals surface area (Å²) in [5.74, 6) is 1.00. The Morgan fingerprint density at radius 1 is 1.21 bits per heavy atom. The fraction of sp³-hybridized carbons (Fsp3) is 0.625. The van der Waals surface area contributed by atoms with Crippen molar-refractivity contribution >= 4 is 15.9 Å². The minimum atomic E-state index is 0.267. The van der Waals surface area contributed by atoms with Gasteiger partial charge >= 0.3 is 0 Å². The van der Waals surface area contributed by atoms with E-state index in [9.17, 15) is 0 Å². The highest BCUT2D eigenvalue weighted by Gasteiger charge is 2.13. The van der Waals surface area contributed by atoms with Crippen molar-refractivity contribution in [1.29, 1.82) is 0 Å². The fourth-order valence-corrected chi connectivity index (χ4v) is 2.50. The fourth-order valence-electron chi connectivity index (χ4n) is 2.12. The van der Waals surface area contributed by atoms with Crippen LogP contribution in [0.5, 0.6) is 5.75 Å². The minimum Gasteiger partial charge on any atom is -0.490 e. The maximum atomic E-state index is 6.08. The summed E-state index contributed by atoms with van der Waals surface area (Å²) < 4.78 is 7.18. The second-order valence-corrected chi connectivity index (χ2v) is 5.99. The Morgan fingerprint density at radius 2 is 1.95 bits per heavy atom. The maximum Gasteiger partial charge on any atom is 0.124 e. The third kappa shape index (κ3) is 5.53. The summed E-state index contributed by atoms with van der Waals surface area (Å²) in [6.07, 6.45) is 3.65. The van der Waals surface area contributed by atoms with Crippen LogP contribution in [0.4, 0.5) is 0 Å². The molecule has 19 heavy (non-hydrogen) atoms. The Balaban J connectivity index is 2.84. The summed E-state index contributed by atoms with van der Waals surface area (Å²) in [7, 11) is 0. The van der Waals surface area contributed by atoms with E-state index >= 15 is 0 Å². The van der Waals surface area contributed by atoms with Gasteiger partial charge in [-0.1, -0.05) is 36.2 Å². The largest absolute Gasteiger partial charge is 0.490 e. The Morgan fingerprint density at radius 3 is 2.58 bits per heavy atom. The van der Waals surface area contributed by atoms with Gasteiger partial charge in [0.25, 0.3) is 0 Å². The number of halogens is 1. The van der Waals surface area contributed by atoms with Crippen molar-refractivity contribution in [2.75, 3.05) is 6.54 Å². The molecule has 3 heteroatoms. The number of rotatable bonds is 8. The van der Waals surface area contributed by atoms with Crippen LogP contribution >= 0.6 is 15.9 Å². The molecule has 0 saturated heterocycles. The van der Waals surface area contributed by atoms with Crippen LogP contribution in [0.2, 0.25) is 0 Å². The zero-order chi connectivity index (χ0) is 14.3. The quantitative estimate of drug-likeness (QED) is 0.719. The van der Waals surface area contributed by atoms with Crippen molar-refractivity contribution in [3.05, 3.63) is 28.2 Å². The zero-order valence-electron chi connectivity index (χ0n) is 12.5. The number of ether oxygens (including phenoxy) is 1. The van der Waals surface area contributed by atoms with Crippen molar-refractivity contribution in [2.45, 2.75) is 59.1 Å². The molecule has 1 aromatic rings. The summed E-state index contributed by atoms with van der Waals surface area (Å²) in [5, 5.41) is 3.52. The molecule has 0 radical (unpaired) electrons. The highest BCUT2D eigenvalue weighted by molar-refractivity contribution is 9.10. The number of hydrogen-bond donors (Lipinski definition) is 1. The van der Waals surface area contributed by atoms with E-state index in [1.807, 2.05) is 6.07 Å². The van der Waals surface area contributed by atoms with Crippen molar-refractivity contribution < 1.29 is 4.74 Å². The van der Waals surface area contributed by atoms with Gasteiger partial charge in [-0.2, -0.15) is 0 Å². The highest BCUT2D eigenvalue weighted by Crippen LogP contribution is 2.29. The second kappa shape index (κ2) is 8.60. The topological polar surface area (TPSA) is 21.3 Å². The van der Waals surface area contributed by atoms with E-state index in [-0.39, 0.29) is 6.10 Å². The van der Waals surface area contributed by atoms with Gasteiger partial charge in [0.15, 0.2) is 0 Å². The van der Waals surface area contributed by atoms with Crippen LogP contribution in [-0.2, 0) is 0 Å². The van der Waals surface area contributed by atoms with Crippen LogP contribution in [0.3, 0.4) is 0 Å². The summed E-state index contributed by atoms with van der Waals surface area (Å²) in [6, 6.07) is 6.57. The summed E-state index contributed by atoms with van der Waals surface area (Å²) >= 11 is 3.55. The van der Waals surface area contributed by atoms with Crippen LogP contribution in [-0.4, -0.2) is 12.6 Å². The number of benzene rings is 1. The predicted molar refractivity (Wildman–Crippen MR) is 85.8 cm³/mol. The molecule has 1 rings (SSSR count). The average molecular weight is 328 g/mol. The van der Waals surface area contributed by atoms with Gasteiger partial charge < -0.3 is 10.1 Å². The van der Waals surface area contributed by atoms with Gasteiger partial charge in [0.1, 0.15) is 5.75 Å². The number of nitrogens with one attached hydrogen (secondary N) is 1.